The van der Waals surface area contributed by atoms with Crippen LogP contribution >= 0.6 is 11.8 Å². The third kappa shape index (κ3) is 2.76. The summed E-state index contributed by atoms with van der Waals surface area (Å²) in [4.78, 5) is 4.50. The van der Waals surface area contributed by atoms with Crippen LogP contribution in [0.5, 0.6) is 0 Å². The molecular weight excluding hydrogens is 232 g/mol. The molecule has 0 N–H and O–H groups in total. The topological polar surface area (TPSA) is 45.9 Å². The van der Waals surface area contributed by atoms with Crippen molar-refractivity contribution in [3.05, 3.63) is 35.9 Å². The Morgan fingerprint density at radius 1 is 1.41 bits per heavy atom. The van der Waals surface area contributed by atoms with Crippen LogP contribution in [0.15, 0.2) is 35.4 Å². The largest absolute Gasteiger partial charge is 0.384 e. The van der Waals surface area contributed by atoms with Gasteiger partial charge in [0.2, 0.25) is 0 Å². The maximum Gasteiger partial charge on any atom is 0.115 e. The van der Waals surface area contributed by atoms with Crippen LogP contribution in [0.4, 0.5) is 0 Å². The molecule has 1 aromatic carbocycles. The number of aromatic nitrogens is 1. The fraction of sp³-hybridized carbons (Fsp3) is 0.231. The molecule has 0 saturated heterocycles. The van der Waals surface area contributed by atoms with Crippen molar-refractivity contribution in [1.29, 1.82) is 5.26 Å². The number of nitriles is 1. The van der Waals surface area contributed by atoms with E-state index in [4.69, 9.17) is 10.00 Å². The lowest BCUT2D eigenvalue weighted by Gasteiger charge is -2.04. The first-order chi connectivity index (χ1) is 8.35. The molecule has 17 heavy (non-hydrogen) atoms. The number of para-hydroxylation sites is 1. The van der Waals surface area contributed by atoms with Crippen LogP contribution in [-0.4, -0.2) is 24.5 Å². The van der Waals surface area contributed by atoms with Crippen LogP contribution < -0.4 is 0 Å². The molecule has 0 unspecified atom stereocenters. The minimum atomic E-state index is 0.629. The highest BCUT2D eigenvalue weighted by molar-refractivity contribution is 7.99. The maximum absolute atomic E-state index is 9.10. The first-order valence-corrected chi connectivity index (χ1v) is 6.25. The number of ether oxygens (including phenoxy) is 1. The van der Waals surface area contributed by atoms with E-state index >= 15 is 0 Å². The summed E-state index contributed by atoms with van der Waals surface area (Å²) >= 11 is 1.55. The van der Waals surface area contributed by atoms with E-state index in [9.17, 15) is 0 Å². The van der Waals surface area contributed by atoms with Gasteiger partial charge in [-0.3, -0.25) is 0 Å². The molecule has 0 radical (unpaired) electrons. The second-order valence-corrected chi connectivity index (χ2v) is 4.57. The molecule has 0 aliphatic heterocycles. The van der Waals surface area contributed by atoms with Gasteiger partial charge in [-0.25, -0.2) is 4.98 Å². The summed E-state index contributed by atoms with van der Waals surface area (Å²) in [5.41, 5.74) is 1.55. The van der Waals surface area contributed by atoms with E-state index in [0.29, 0.717) is 12.2 Å². The van der Waals surface area contributed by atoms with Crippen molar-refractivity contribution in [2.75, 3.05) is 19.5 Å². The Kier molecular flexibility index (Phi) is 3.97. The highest BCUT2D eigenvalue weighted by Gasteiger charge is 2.06. The molecule has 0 saturated carbocycles. The lowest BCUT2D eigenvalue weighted by molar-refractivity contribution is 0.218. The number of hydrogen-bond acceptors (Lipinski definition) is 4. The standard InChI is InChI=1S/C13H12N2OS/c1-16-6-7-17-13-11(9-14)8-10-4-2-3-5-12(10)15-13/h2-5,8H,6-7H2,1H3. The minimum absolute atomic E-state index is 0.629. The minimum Gasteiger partial charge on any atom is -0.384 e. The summed E-state index contributed by atoms with van der Waals surface area (Å²) < 4.78 is 4.99. The smallest absolute Gasteiger partial charge is 0.115 e. The summed E-state index contributed by atoms with van der Waals surface area (Å²) in [5.74, 6) is 0.802. The molecule has 0 aliphatic rings. The van der Waals surface area contributed by atoms with E-state index < -0.39 is 0 Å². The lowest BCUT2D eigenvalue weighted by Crippen LogP contribution is -1.94. The van der Waals surface area contributed by atoms with Crippen molar-refractivity contribution in [1.82, 2.24) is 4.98 Å². The first kappa shape index (κ1) is 11.9. The summed E-state index contributed by atoms with van der Waals surface area (Å²) in [5, 5.41) is 10.9. The van der Waals surface area contributed by atoms with Crippen molar-refractivity contribution in [2.45, 2.75) is 5.03 Å². The van der Waals surface area contributed by atoms with Crippen LogP contribution in [0.2, 0.25) is 0 Å². The van der Waals surface area contributed by atoms with Crippen molar-refractivity contribution in [3.8, 4) is 6.07 Å². The van der Waals surface area contributed by atoms with Gasteiger partial charge in [0.1, 0.15) is 11.1 Å². The Balaban J connectivity index is 2.36. The molecule has 1 heterocycles. The molecule has 3 nitrogen and oxygen atoms in total. The predicted octanol–water partition coefficient (Wildman–Crippen LogP) is 2.84. The van der Waals surface area contributed by atoms with Gasteiger partial charge in [-0.2, -0.15) is 5.26 Å². The maximum atomic E-state index is 9.10. The number of fused-ring (bicyclic) bond motifs is 1. The molecular formula is C13H12N2OS. The molecule has 2 aromatic rings. The zero-order chi connectivity index (χ0) is 12.1. The number of thioether (sulfide) groups is 1. The highest BCUT2D eigenvalue weighted by Crippen LogP contribution is 2.24. The van der Waals surface area contributed by atoms with Gasteiger partial charge in [-0.1, -0.05) is 18.2 Å². The first-order valence-electron chi connectivity index (χ1n) is 5.27. The van der Waals surface area contributed by atoms with Crippen LogP contribution in [0, 0.1) is 11.3 Å². The number of nitrogens with zero attached hydrogens (tertiary/aromatic N) is 2. The van der Waals surface area contributed by atoms with Crippen LogP contribution in [-0.2, 0) is 4.74 Å². The molecule has 4 heteroatoms. The fourth-order valence-corrected chi connectivity index (χ4v) is 2.38. The average molecular weight is 244 g/mol. The van der Waals surface area contributed by atoms with E-state index in [1.165, 1.54) is 0 Å². The predicted molar refractivity (Wildman–Crippen MR) is 69.1 cm³/mol. The molecule has 0 aliphatic carbocycles. The Bertz CT molecular complexity index is 563. The van der Waals surface area contributed by atoms with Gasteiger partial charge in [-0.15, -0.1) is 11.8 Å². The van der Waals surface area contributed by atoms with E-state index in [-0.39, 0.29) is 0 Å². The zero-order valence-corrected chi connectivity index (χ0v) is 10.3. The summed E-state index contributed by atoms with van der Waals surface area (Å²) in [6.45, 7) is 0.657. The Hall–Kier alpha value is -1.57. The Morgan fingerprint density at radius 2 is 2.24 bits per heavy atom. The molecule has 0 bridgehead atoms. The van der Waals surface area contributed by atoms with Crippen LogP contribution in [0.25, 0.3) is 10.9 Å². The monoisotopic (exact) mass is 244 g/mol. The SMILES string of the molecule is COCCSc1nc2ccccc2cc1C#N. The van der Waals surface area contributed by atoms with E-state index in [2.05, 4.69) is 11.1 Å². The highest BCUT2D eigenvalue weighted by atomic mass is 32.2. The molecule has 1 aromatic heterocycles. The van der Waals surface area contributed by atoms with Gasteiger partial charge in [0, 0.05) is 18.2 Å². The third-order valence-corrected chi connectivity index (χ3v) is 3.29. The Morgan fingerprint density at radius 3 is 3.00 bits per heavy atom. The van der Waals surface area contributed by atoms with Crippen LogP contribution in [0.3, 0.4) is 0 Å². The molecule has 2 rings (SSSR count). The van der Waals surface area contributed by atoms with Crippen molar-refractivity contribution in [2.24, 2.45) is 0 Å². The van der Waals surface area contributed by atoms with E-state index in [0.717, 1.165) is 21.7 Å². The number of pyridine rings is 1. The van der Waals surface area contributed by atoms with E-state index in [1.54, 1.807) is 18.9 Å². The number of hydrogen-bond donors (Lipinski definition) is 0. The summed E-state index contributed by atoms with van der Waals surface area (Å²) in [6.07, 6.45) is 0. The molecule has 0 fully saturated rings. The number of methoxy groups -OCH3 is 1. The molecule has 0 atom stereocenters. The average Bonchev–Trinajstić information content (AvgIpc) is 2.38. The summed E-state index contributed by atoms with van der Waals surface area (Å²) in [7, 11) is 1.67. The van der Waals surface area contributed by atoms with Gasteiger partial charge in [0.25, 0.3) is 0 Å². The van der Waals surface area contributed by atoms with Crippen molar-refractivity contribution < 1.29 is 4.74 Å². The normalized spacial score (nSPS) is 10.4. The van der Waals surface area contributed by atoms with Gasteiger partial charge in [0.15, 0.2) is 0 Å². The van der Waals surface area contributed by atoms with Gasteiger partial charge in [0.05, 0.1) is 17.7 Å². The van der Waals surface area contributed by atoms with Crippen molar-refractivity contribution >= 4 is 22.7 Å². The second kappa shape index (κ2) is 5.67. The Labute approximate surface area is 104 Å². The number of rotatable bonds is 4. The number of benzene rings is 1. The summed E-state index contributed by atoms with van der Waals surface area (Å²) in [6, 6.07) is 11.9. The van der Waals surface area contributed by atoms with Gasteiger partial charge in [-0.05, 0) is 12.1 Å². The molecule has 0 amide bonds. The molecule has 86 valence electrons. The fourth-order valence-electron chi connectivity index (χ4n) is 1.51. The van der Waals surface area contributed by atoms with Gasteiger partial charge >= 0.3 is 0 Å². The van der Waals surface area contributed by atoms with Gasteiger partial charge < -0.3 is 4.74 Å². The zero-order valence-electron chi connectivity index (χ0n) is 9.51. The lowest BCUT2D eigenvalue weighted by atomic mass is 10.2. The van der Waals surface area contributed by atoms with Crippen LogP contribution in [0.1, 0.15) is 5.56 Å². The quantitative estimate of drug-likeness (QED) is 0.613. The second-order valence-electron chi connectivity index (χ2n) is 3.49. The third-order valence-electron chi connectivity index (χ3n) is 2.34. The molecule has 0 spiro atoms. The van der Waals surface area contributed by atoms with E-state index in [1.807, 2.05) is 30.3 Å². The van der Waals surface area contributed by atoms with Crippen molar-refractivity contribution in [3.63, 3.8) is 0 Å².